The second-order valence-electron chi connectivity index (χ2n) is 7.09. The van der Waals surface area contributed by atoms with Gasteiger partial charge in [0.15, 0.2) is 5.96 Å². The van der Waals surface area contributed by atoms with Crippen molar-refractivity contribution < 1.29 is 4.79 Å². The van der Waals surface area contributed by atoms with E-state index in [4.69, 9.17) is 4.99 Å². The molecule has 0 spiro atoms. The molecule has 0 aromatic heterocycles. The lowest BCUT2D eigenvalue weighted by Gasteiger charge is -2.26. The molecule has 5 nitrogen and oxygen atoms in total. The van der Waals surface area contributed by atoms with Crippen LogP contribution in [0, 0.1) is 0 Å². The molecule has 26 heavy (non-hydrogen) atoms. The molecule has 2 rings (SSSR count). The van der Waals surface area contributed by atoms with Gasteiger partial charge in [0, 0.05) is 38.6 Å². The number of hydrogen-bond donors (Lipinski definition) is 2. The van der Waals surface area contributed by atoms with Crippen LogP contribution in [0.15, 0.2) is 16.6 Å². The lowest BCUT2D eigenvalue weighted by molar-refractivity contribution is -0.129. The fraction of sp³-hybridized carbons (Fsp3) is 0.800. The minimum Gasteiger partial charge on any atom is -0.357 e. The molecule has 2 aliphatic rings. The molecule has 1 amide bonds. The molecule has 1 aliphatic heterocycles. The van der Waals surface area contributed by atoms with E-state index >= 15 is 0 Å². The SMILES string of the molecule is CCNC(=NCCC(CC)N1CCCC1=O)NCCC1=CCCCC1.I. The Morgan fingerprint density at radius 3 is 2.69 bits per heavy atom. The van der Waals surface area contributed by atoms with E-state index in [-0.39, 0.29) is 24.0 Å². The number of guanidine groups is 1. The number of rotatable bonds is 9. The van der Waals surface area contributed by atoms with Crippen LogP contribution in [0.2, 0.25) is 0 Å². The van der Waals surface area contributed by atoms with E-state index in [9.17, 15) is 4.79 Å². The fourth-order valence-corrected chi connectivity index (χ4v) is 3.78. The first-order valence-corrected chi connectivity index (χ1v) is 10.2. The summed E-state index contributed by atoms with van der Waals surface area (Å²) >= 11 is 0. The van der Waals surface area contributed by atoms with Gasteiger partial charge in [0.05, 0.1) is 0 Å². The van der Waals surface area contributed by atoms with E-state index in [1.165, 1.54) is 25.7 Å². The zero-order valence-corrected chi connectivity index (χ0v) is 18.9. The Kier molecular flexibility index (Phi) is 12.0. The first kappa shape index (κ1) is 23.2. The van der Waals surface area contributed by atoms with Crippen molar-refractivity contribution in [3.63, 3.8) is 0 Å². The largest absolute Gasteiger partial charge is 0.357 e. The smallest absolute Gasteiger partial charge is 0.222 e. The standard InChI is InChI=1S/C20H36N4O.HI/c1-3-18(24-16-8-11-19(24)25)13-15-23-20(21-4-2)22-14-12-17-9-6-5-7-10-17;/h9,18H,3-8,10-16H2,1-2H3,(H2,21,22,23);1H. The predicted octanol–water partition coefficient (Wildman–Crippen LogP) is 3.84. The van der Waals surface area contributed by atoms with Crippen molar-refractivity contribution in [1.29, 1.82) is 0 Å². The van der Waals surface area contributed by atoms with Gasteiger partial charge in [-0.1, -0.05) is 18.6 Å². The molecule has 150 valence electrons. The zero-order valence-electron chi connectivity index (χ0n) is 16.6. The summed E-state index contributed by atoms with van der Waals surface area (Å²) in [4.78, 5) is 18.7. The van der Waals surface area contributed by atoms with Crippen LogP contribution in [-0.2, 0) is 4.79 Å². The molecule has 0 radical (unpaired) electrons. The summed E-state index contributed by atoms with van der Waals surface area (Å²) in [6.45, 7) is 7.77. The van der Waals surface area contributed by atoms with Crippen LogP contribution in [-0.4, -0.2) is 49.0 Å². The Labute approximate surface area is 176 Å². The molecular weight excluding hydrogens is 439 g/mol. The van der Waals surface area contributed by atoms with E-state index in [1.54, 1.807) is 5.57 Å². The van der Waals surface area contributed by atoms with E-state index in [2.05, 4.69) is 35.5 Å². The van der Waals surface area contributed by atoms with E-state index < -0.39 is 0 Å². The molecule has 0 saturated carbocycles. The van der Waals surface area contributed by atoms with Gasteiger partial charge in [0.1, 0.15) is 0 Å². The molecule has 1 atom stereocenters. The van der Waals surface area contributed by atoms with Crippen LogP contribution in [0.3, 0.4) is 0 Å². The maximum absolute atomic E-state index is 11.9. The third-order valence-electron chi connectivity index (χ3n) is 5.22. The van der Waals surface area contributed by atoms with Crippen LogP contribution >= 0.6 is 24.0 Å². The van der Waals surface area contributed by atoms with Crippen LogP contribution < -0.4 is 10.6 Å². The minimum atomic E-state index is 0. The summed E-state index contributed by atoms with van der Waals surface area (Å²) in [6.07, 6.45) is 12.4. The topological polar surface area (TPSA) is 56.7 Å². The van der Waals surface area contributed by atoms with Gasteiger partial charge < -0.3 is 15.5 Å². The maximum Gasteiger partial charge on any atom is 0.222 e. The van der Waals surface area contributed by atoms with Gasteiger partial charge in [-0.3, -0.25) is 9.79 Å². The van der Waals surface area contributed by atoms with Crippen molar-refractivity contribution in [2.75, 3.05) is 26.2 Å². The average molecular weight is 476 g/mol. The van der Waals surface area contributed by atoms with Crippen LogP contribution in [0.25, 0.3) is 0 Å². The lowest BCUT2D eigenvalue weighted by atomic mass is 9.97. The molecule has 0 aromatic rings. The number of hydrogen-bond acceptors (Lipinski definition) is 2. The zero-order chi connectivity index (χ0) is 17.9. The number of aliphatic imine (C=N–C) groups is 1. The van der Waals surface area contributed by atoms with E-state index in [0.29, 0.717) is 11.9 Å². The monoisotopic (exact) mass is 476 g/mol. The van der Waals surface area contributed by atoms with Crippen LogP contribution in [0.4, 0.5) is 0 Å². The molecule has 1 aliphatic carbocycles. The summed E-state index contributed by atoms with van der Waals surface area (Å²) in [5, 5.41) is 6.78. The van der Waals surface area contributed by atoms with Gasteiger partial charge in [-0.25, -0.2) is 0 Å². The summed E-state index contributed by atoms with van der Waals surface area (Å²) in [5.74, 6) is 1.23. The van der Waals surface area contributed by atoms with Crippen LogP contribution in [0.5, 0.6) is 0 Å². The molecule has 0 aromatic carbocycles. The van der Waals surface area contributed by atoms with E-state index in [1.807, 2.05) is 0 Å². The number of nitrogens with zero attached hydrogens (tertiary/aromatic N) is 2. The van der Waals surface area contributed by atoms with Crippen molar-refractivity contribution >= 4 is 35.8 Å². The van der Waals surface area contributed by atoms with Gasteiger partial charge in [-0.05, 0) is 58.3 Å². The highest BCUT2D eigenvalue weighted by atomic mass is 127. The summed E-state index contributed by atoms with van der Waals surface area (Å²) in [5.41, 5.74) is 1.59. The molecular formula is C20H37IN4O. The van der Waals surface area contributed by atoms with Gasteiger partial charge in [-0.2, -0.15) is 0 Å². The highest BCUT2D eigenvalue weighted by molar-refractivity contribution is 14.0. The molecule has 1 unspecified atom stereocenters. The van der Waals surface area contributed by atoms with Crippen molar-refractivity contribution in [1.82, 2.24) is 15.5 Å². The number of carbonyl (C=O) groups is 1. The lowest BCUT2D eigenvalue weighted by Crippen LogP contribution is -2.39. The third kappa shape index (κ3) is 7.84. The number of amides is 1. The van der Waals surface area contributed by atoms with Crippen molar-refractivity contribution in [2.24, 2.45) is 4.99 Å². The number of allylic oxidation sites excluding steroid dienone is 1. The van der Waals surface area contributed by atoms with Crippen molar-refractivity contribution in [3.05, 3.63) is 11.6 Å². The van der Waals surface area contributed by atoms with Crippen molar-refractivity contribution in [3.8, 4) is 0 Å². The number of halogens is 1. The van der Waals surface area contributed by atoms with Gasteiger partial charge in [-0.15, -0.1) is 24.0 Å². The van der Waals surface area contributed by atoms with Gasteiger partial charge >= 0.3 is 0 Å². The molecule has 1 heterocycles. The first-order valence-electron chi connectivity index (χ1n) is 10.2. The summed E-state index contributed by atoms with van der Waals surface area (Å²) in [7, 11) is 0. The Balaban J connectivity index is 0.00000338. The Morgan fingerprint density at radius 2 is 2.08 bits per heavy atom. The first-order chi connectivity index (χ1) is 12.2. The van der Waals surface area contributed by atoms with Gasteiger partial charge in [0.2, 0.25) is 5.91 Å². The second-order valence-corrected chi connectivity index (χ2v) is 7.09. The number of carbonyl (C=O) groups excluding carboxylic acids is 1. The normalized spacial score (nSPS) is 19.0. The Morgan fingerprint density at radius 1 is 1.23 bits per heavy atom. The fourth-order valence-electron chi connectivity index (χ4n) is 3.78. The molecule has 0 bridgehead atoms. The van der Waals surface area contributed by atoms with E-state index in [0.717, 1.165) is 64.2 Å². The maximum atomic E-state index is 11.9. The third-order valence-corrected chi connectivity index (χ3v) is 5.22. The Bertz CT molecular complexity index is 478. The summed E-state index contributed by atoms with van der Waals surface area (Å²) < 4.78 is 0. The number of nitrogens with one attached hydrogen (secondary N) is 2. The second kappa shape index (κ2) is 13.4. The van der Waals surface area contributed by atoms with Crippen LogP contribution in [0.1, 0.15) is 71.6 Å². The summed E-state index contributed by atoms with van der Waals surface area (Å²) in [6, 6.07) is 0.342. The molecule has 1 saturated heterocycles. The van der Waals surface area contributed by atoms with Crippen molar-refractivity contribution in [2.45, 2.75) is 77.7 Å². The highest BCUT2D eigenvalue weighted by Gasteiger charge is 2.26. The molecule has 2 N–H and O–H groups in total. The molecule has 6 heteroatoms. The highest BCUT2D eigenvalue weighted by Crippen LogP contribution is 2.19. The van der Waals surface area contributed by atoms with Gasteiger partial charge in [0.25, 0.3) is 0 Å². The molecule has 1 fully saturated rings. The minimum absolute atomic E-state index is 0. The Hall–Kier alpha value is -0.790. The quantitative estimate of drug-likeness (QED) is 0.230. The average Bonchev–Trinajstić information content (AvgIpc) is 3.05. The number of likely N-dealkylation sites (tertiary alicyclic amines) is 1. The predicted molar refractivity (Wildman–Crippen MR) is 120 cm³/mol.